The van der Waals surface area contributed by atoms with Gasteiger partial charge in [-0.05, 0) is 24.1 Å². The van der Waals surface area contributed by atoms with Gasteiger partial charge in [0, 0.05) is 13.1 Å². The second-order valence-electron chi connectivity index (χ2n) is 4.26. The molecule has 3 heteroatoms. The van der Waals surface area contributed by atoms with Crippen LogP contribution in [0.4, 0.5) is 0 Å². The van der Waals surface area contributed by atoms with Crippen molar-refractivity contribution in [2.75, 3.05) is 26.3 Å². The molecule has 17 heavy (non-hydrogen) atoms. The van der Waals surface area contributed by atoms with Crippen LogP contribution in [-0.4, -0.2) is 26.3 Å². The standard InChI is InChI=1S/C14H20NO2/c1-2-3-9-16-13-6-4-12(5-7-13)14-11-15-8-10-17-14/h4-7,14H,2-3,8-11H2,1H3. The van der Waals surface area contributed by atoms with Crippen molar-refractivity contribution in [3.8, 4) is 5.75 Å². The summed E-state index contributed by atoms with van der Waals surface area (Å²) < 4.78 is 11.3. The van der Waals surface area contributed by atoms with Gasteiger partial charge < -0.3 is 9.47 Å². The Labute approximate surface area is 103 Å². The zero-order valence-electron chi connectivity index (χ0n) is 10.4. The summed E-state index contributed by atoms with van der Waals surface area (Å²) in [5, 5.41) is 4.36. The summed E-state index contributed by atoms with van der Waals surface area (Å²) in [7, 11) is 0. The number of hydrogen-bond donors (Lipinski definition) is 0. The van der Waals surface area contributed by atoms with Gasteiger partial charge in [-0.1, -0.05) is 25.5 Å². The molecule has 0 aromatic heterocycles. The molecule has 93 valence electrons. The van der Waals surface area contributed by atoms with Crippen molar-refractivity contribution < 1.29 is 9.47 Å². The first-order chi connectivity index (χ1) is 8.40. The van der Waals surface area contributed by atoms with Crippen molar-refractivity contribution in [1.29, 1.82) is 0 Å². The van der Waals surface area contributed by atoms with Crippen LogP contribution in [0, 0.1) is 0 Å². The Morgan fingerprint density at radius 1 is 1.35 bits per heavy atom. The minimum Gasteiger partial charge on any atom is -0.494 e. The van der Waals surface area contributed by atoms with Crippen molar-refractivity contribution in [3.63, 3.8) is 0 Å². The molecule has 1 radical (unpaired) electrons. The molecule has 0 spiro atoms. The molecule has 3 nitrogen and oxygen atoms in total. The van der Waals surface area contributed by atoms with E-state index in [0.717, 1.165) is 44.9 Å². The predicted octanol–water partition coefficient (Wildman–Crippen LogP) is 2.54. The van der Waals surface area contributed by atoms with Gasteiger partial charge in [0.1, 0.15) is 5.75 Å². The number of unbranched alkanes of at least 4 members (excludes halogenated alkanes) is 1. The average molecular weight is 234 g/mol. The van der Waals surface area contributed by atoms with Gasteiger partial charge in [0.15, 0.2) is 0 Å². The first-order valence-corrected chi connectivity index (χ1v) is 6.38. The Morgan fingerprint density at radius 2 is 2.18 bits per heavy atom. The maximum atomic E-state index is 5.67. The van der Waals surface area contributed by atoms with E-state index in [4.69, 9.17) is 9.47 Å². The Balaban J connectivity index is 1.88. The lowest BCUT2D eigenvalue weighted by Crippen LogP contribution is -2.28. The number of ether oxygens (including phenoxy) is 2. The summed E-state index contributed by atoms with van der Waals surface area (Å²) in [4.78, 5) is 0. The SMILES string of the molecule is CCCCOc1ccc(C2C[N]CCO2)cc1. The highest BCUT2D eigenvalue weighted by Gasteiger charge is 2.15. The van der Waals surface area contributed by atoms with E-state index in [9.17, 15) is 0 Å². The lowest BCUT2D eigenvalue weighted by Gasteiger charge is -2.22. The van der Waals surface area contributed by atoms with Crippen molar-refractivity contribution in [2.24, 2.45) is 0 Å². The monoisotopic (exact) mass is 234 g/mol. The number of rotatable bonds is 5. The molecule has 1 atom stereocenters. The predicted molar refractivity (Wildman–Crippen MR) is 67.4 cm³/mol. The van der Waals surface area contributed by atoms with E-state index in [1.807, 2.05) is 12.1 Å². The van der Waals surface area contributed by atoms with Crippen LogP contribution in [0.2, 0.25) is 0 Å². The van der Waals surface area contributed by atoms with Gasteiger partial charge in [-0.15, -0.1) is 0 Å². The van der Waals surface area contributed by atoms with E-state index in [1.165, 1.54) is 5.56 Å². The largest absolute Gasteiger partial charge is 0.494 e. The summed E-state index contributed by atoms with van der Waals surface area (Å²) in [6.45, 7) is 5.30. The van der Waals surface area contributed by atoms with Crippen LogP contribution in [-0.2, 0) is 4.74 Å². The van der Waals surface area contributed by atoms with E-state index >= 15 is 0 Å². The third-order valence-corrected chi connectivity index (χ3v) is 2.88. The molecule has 0 saturated carbocycles. The van der Waals surface area contributed by atoms with Gasteiger partial charge in [0.25, 0.3) is 0 Å². The number of hydrogen-bond acceptors (Lipinski definition) is 2. The molecule has 1 unspecified atom stereocenters. The molecule has 0 N–H and O–H groups in total. The second kappa shape index (κ2) is 6.62. The van der Waals surface area contributed by atoms with Crippen LogP contribution in [0.5, 0.6) is 5.75 Å². The van der Waals surface area contributed by atoms with Gasteiger partial charge in [0.05, 0.1) is 19.3 Å². The molecule has 1 saturated heterocycles. The third kappa shape index (κ3) is 3.72. The Hall–Kier alpha value is -1.06. The van der Waals surface area contributed by atoms with Gasteiger partial charge in [-0.3, -0.25) is 0 Å². The third-order valence-electron chi connectivity index (χ3n) is 2.88. The number of morpholine rings is 1. The highest BCUT2D eigenvalue weighted by Crippen LogP contribution is 2.22. The Morgan fingerprint density at radius 3 is 2.82 bits per heavy atom. The molecule has 1 fully saturated rings. The van der Waals surface area contributed by atoms with E-state index < -0.39 is 0 Å². The lowest BCUT2D eigenvalue weighted by atomic mass is 10.1. The van der Waals surface area contributed by atoms with Crippen LogP contribution in [0.25, 0.3) is 0 Å². The summed E-state index contributed by atoms with van der Waals surface area (Å²) in [5.41, 5.74) is 1.19. The van der Waals surface area contributed by atoms with Gasteiger partial charge >= 0.3 is 0 Å². The molecule has 1 aromatic carbocycles. The highest BCUT2D eigenvalue weighted by molar-refractivity contribution is 5.28. The van der Waals surface area contributed by atoms with Gasteiger partial charge in [-0.25, -0.2) is 5.32 Å². The fourth-order valence-electron chi connectivity index (χ4n) is 1.84. The Kier molecular flexibility index (Phi) is 4.83. The van der Waals surface area contributed by atoms with E-state index in [2.05, 4.69) is 24.4 Å². The molecular weight excluding hydrogens is 214 g/mol. The fraction of sp³-hybridized carbons (Fsp3) is 0.571. The molecule has 0 aliphatic carbocycles. The summed E-state index contributed by atoms with van der Waals surface area (Å²) in [5.74, 6) is 0.940. The minimum absolute atomic E-state index is 0.133. The molecule has 0 bridgehead atoms. The highest BCUT2D eigenvalue weighted by atomic mass is 16.5. The fourth-order valence-corrected chi connectivity index (χ4v) is 1.84. The van der Waals surface area contributed by atoms with E-state index in [1.54, 1.807) is 0 Å². The molecule has 2 rings (SSSR count). The maximum Gasteiger partial charge on any atom is 0.119 e. The van der Waals surface area contributed by atoms with Crippen molar-refractivity contribution >= 4 is 0 Å². The zero-order chi connectivity index (χ0) is 11.9. The van der Waals surface area contributed by atoms with Crippen LogP contribution in [0.15, 0.2) is 24.3 Å². The minimum atomic E-state index is 0.133. The van der Waals surface area contributed by atoms with E-state index in [-0.39, 0.29) is 6.10 Å². The summed E-state index contributed by atoms with van der Waals surface area (Å²) in [6, 6.07) is 8.19. The van der Waals surface area contributed by atoms with Crippen LogP contribution in [0.3, 0.4) is 0 Å². The first-order valence-electron chi connectivity index (χ1n) is 6.38. The summed E-state index contributed by atoms with van der Waals surface area (Å²) in [6.07, 6.45) is 2.40. The summed E-state index contributed by atoms with van der Waals surface area (Å²) >= 11 is 0. The van der Waals surface area contributed by atoms with Gasteiger partial charge in [-0.2, -0.15) is 0 Å². The zero-order valence-corrected chi connectivity index (χ0v) is 10.4. The smallest absolute Gasteiger partial charge is 0.119 e. The second-order valence-corrected chi connectivity index (χ2v) is 4.26. The van der Waals surface area contributed by atoms with Crippen molar-refractivity contribution in [3.05, 3.63) is 29.8 Å². The first kappa shape index (κ1) is 12.4. The lowest BCUT2D eigenvalue weighted by molar-refractivity contribution is 0.0260. The van der Waals surface area contributed by atoms with Crippen molar-refractivity contribution in [2.45, 2.75) is 25.9 Å². The van der Waals surface area contributed by atoms with Crippen molar-refractivity contribution in [1.82, 2.24) is 5.32 Å². The Bertz CT molecular complexity index is 317. The molecule has 1 aliphatic rings. The van der Waals surface area contributed by atoms with Crippen LogP contribution < -0.4 is 10.1 Å². The molecule has 1 aliphatic heterocycles. The quantitative estimate of drug-likeness (QED) is 0.733. The van der Waals surface area contributed by atoms with Crippen LogP contribution >= 0.6 is 0 Å². The van der Waals surface area contributed by atoms with E-state index in [0.29, 0.717) is 0 Å². The van der Waals surface area contributed by atoms with Crippen LogP contribution in [0.1, 0.15) is 31.4 Å². The topological polar surface area (TPSA) is 32.6 Å². The van der Waals surface area contributed by atoms with Gasteiger partial charge in [0.2, 0.25) is 0 Å². The normalized spacial score (nSPS) is 20.2. The molecule has 1 aromatic rings. The number of nitrogens with zero attached hydrogens (tertiary/aromatic N) is 1. The molecule has 0 amide bonds. The number of benzene rings is 1. The average Bonchev–Trinajstić information content (AvgIpc) is 2.41. The maximum absolute atomic E-state index is 5.67. The molecular formula is C14H20NO2. The molecule has 1 heterocycles.